The lowest BCUT2D eigenvalue weighted by Gasteiger charge is -2.32. The molecule has 0 aromatic carbocycles. The first-order valence-electron chi connectivity index (χ1n) is 8.54. The standard InChI is InChI=1S/C17H33N/c1-3-5-15-9-12-17(13-10-15)18-16-7-4-6-14(2)8-11-16/h14-18H,3-13H2,1-2H3. The summed E-state index contributed by atoms with van der Waals surface area (Å²) in [5.74, 6) is 2.01. The van der Waals surface area contributed by atoms with Crippen LogP contribution in [0.15, 0.2) is 0 Å². The van der Waals surface area contributed by atoms with Gasteiger partial charge in [-0.25, -0.2) is 0 Å². The first-order chi connectivity index (χ1) is 8.78. The Hall–Kier alpha value is -0.0400. The summed E-state index contributed by atoms with van der Waals surface area (Å²) in [6.45, 7) is 4.76. The van der Waals surface area contributed by atoms with Crippen LogP contribution in [-0.2, 0) is 0 Å². The van der Waals surface area contributed by atoms with Gasteiger partial charge in [0.1, 0.15) is 0 Å². The van der Waals surface area contributed by atoms with Crippen LogP contribution in [0.5, 0.6) is 0 Å². The predicted molar refractivity (Wildman–Crippen MR) is 79.8 cm³/mol. The van der Waals surface area contributed by atoms with Gasteiger partial charge in [0.15, 0.2) is 0 Å². The summed E-state index contributed by atoms with van der Waals surface area (Å²) < 4.78 is 0. The molecule has 18 heavy (non-hydrogen) atoms. The topological polar surface area (TPSA) is 12.0 Å². The van der Waals surface area contributed by atoms with E-state index in [9.17, 15) is 0 Å². The predicted octanol–water partition coefficient (Wildman–Crippen LogP) is 4.90. The number of hydrogen-bond acceptors (Lipinski definition) is 1. The molecule has 2 aliphatic rings. The normalized spacial score (nSPS) is 38.3. The van der Waals surface area contributed by atoms with E-state index in [0.717, 1.165) is 23.9 Å². The van der Waals surface area contributed by atoms with Crippen LogP contribution in [0.1, 0.15) is 84.5 Å². The van der Waals surface area contributed by atoms with Crippen molar-refractivity contribution in [1.29, 1.82) is 0 Å². The quantitative estimate of drug-likeness (QED) is 0.700. The lowest BCUT2D eigenvalue weighted by atomic mass is 9.83. The highest BCUT2D eigenvalue weighted by atomic mass is 14.9. The van der Waals surface area contributed by atoms with E-state index in [1.165, 1.54) is 70.6 Å². The van der Waals surface area contributed by atoms with Gasteiger partial charge < -0.3 is 5.32 Å². The van der Waals surface area contributed by atoms with Gasteiger partial charge in [0.05, 0.1) is 0 Å². The third kappa shape index (κ3) is 4.57. The Morgan fingerprint density at radius 1 is 0.833 bits per heavy atom. The van der Waals surface area contributed by atoms with Crippen LogP contribution >= 0.6 is 0 Å². The average Bonchev–Trinajstić information content (AvgIpc) is 2.57. The largest absolute Gasteiger partial charge is 0.311 e. The molecule has 0 radical (unpaired) electrons. The molecular formula is C17H33N. The van der Waals surface area contributed by atoms with Gasteiger partial charge in [0, 0.05) is 12.1 Å². The van der Waals surface area contributed by atoms with Crippen LogP contribution in [0.3, 0.4) is 0 Å². The van der Waals surface area contributed by atoms with Crippen molar-refractivity contribution in [1.82, 2.24) is 5.32 Å². The van der Waals surface area contributed by atoms with E-state index < -0.39 is 0 Å². The molecule has 0 amide bonds. The maximum Gasteiger partial charge on any atom is 0.00698 e. The van der Waals surface area contributed by atoms with Gasteiger partial charge in [-0.3, -0.25) is 0 Å². The minimum atomic E-state index is 0.836. The molecule has 0 aromatic heterocycles. The summed E-state index contributed by atoms with van der Waals surface area (Å²) in [6.07, 6.45) is 15.9. The van der Waals surface area contributed by atoms with Gasteiger partial charge in [-0.15, -0.1) is 0 Å². The molecule has 2 fully saturated rings. The van der Waals surface area contributed by atoms with E-state index in [4.69, 9.17) is 0 Å². The van der Waals surface area contributed by atoms with Gasteiger partial charge >= 0.3 is 0 Å². The molecule has 0 heterocycles. The number of nitrogens with one attached hydrogen (secondary N) is 1. The van der Waals surface area contributed by atoms with Crippen molar-refractivity contribution >= 4 is 0 Å². The molecule has 0 aromatic rings. The van der Waals surface area contributed by atoms with Crippen LogP contribution in [-0.4, -0.2) is 12.1 Å². The summed E-state index contributed by atoms with van der Waals surface area (Å²) in [4.78, 5) is 0. The Kier molecular flexibility index (Phi) is 6.01. The van der Waals surface area contributed by atoms with E-state index in [0.29, 0.717) is 0 Å². The van der Waals surface area contributed by atoms with E-state index >= 15 is 0 Å². The van der Waals surface area contributed by atoms with E-state index in [1.54, 1.807) is 0 Å². The SMILES string of the molecule is CCCC1CCC(NC2CCCC(C)CC2)CC1. The minimum absolute atomic E-state index is 0.836. The molecule has 0 bridgehead atoms. The molecular weight excluding hydrogens is 218 g/mol. The Balaban J connectivity index is 1.67. The second-order valence-corrected chi connectivity index (χ2v) is 6.98. The molecule has 106 valence electrons. The Bertz CT molecular complexity index is 218. The smallest absolute Gasteiger partial charge is 0.00698 e. The van der Waals surface area contributed by atoms with Gasteiger partial charge in [-0.05, 0) is 56.8 Å². The molecule has 2 aliphatic carbocycles. The fourth-order valence-corrected chi connectivity index (χ4v) is 4.01. The lowest BCUT2D eigenvalue weighted by Crippen LogP contribution is -2.40. The zero-order valence-electron chi connectivity index (χ0n) is 12.6. The van der Waals surface area contributed by atoms with E-state index in [-0.39, 0.29) is 0 Å². The van der Waals surface area contributed by atoms with Crippen molar-refractivity contribution in [3.05, 3.63) is 0 Å². The molecule has 0 aliphatic heterocycles. The number of rotatable bonds is 4. The zero-order chi connectivity index (χ0) is 12.8. The van der Waals surface area contributed by atoms with Crippen LogP contribution in [0, 0.1) is 11.8 Å². The number of hydrogen-bond donors (Lipinski definition) is 1. The first kappa shape index (κ1) is 14.4. The highest BCUT2D eigenvalue weighted by Crippen LogP contribution is 2.29. The minimum Gasteiger partial charge on any atom is -0.311 e. The Morgan fingerprint density at radius 2 is 1.50 bits per heavy atom. The van der Waals surface area contributed by atoms with Crippen molar-refractivity contribution in [3.63, 3.8) is 0 Å². The van der Waals surface area contributed by atoms with Crippen molar-refractivity contribution in [2.45, 2.75) is 96.6 Å². The molecule has 2 atom stereocenters. The third-order valence-electron chi connectivity index (χ3n) is 5.27. The molecule has 1 N–H and O–H groups in total. The maximum absolute atomic E-state index is 3.98. The van der Waals surface area contributed by atoms with Crippen molar-refractivity contribution in [3.8, 4) is 0 Å². The Morgan fingerprint density at radius 3 is 2.22 bits per heavy atom. The summed E-state index contributed by atoms with van der Waals surface area (Å²) in [5, 5.41) is 3.98. The van der Waals surface area contributed by atoms with Gasteiger partial charge in [0.2, 0.25) is 0 Å². The maximum atomic E-state index is 3.98. The molecule has 1 heteroatoms. The highest BCUT2D eigenvalue weighted by Gasteiger charge is 2.23. The van der Waals surface area contributed by atoms with Crippen LogP contribution in [0.4, 0.5) is 0 Å². The molecule has 2 saturated carbocycles. The van der Waals surface area contributed by atoms with Gasteiger partial charge in [-0.1, -0.05) is 39.5 Å². The first-order valence-corrected chi connectivity index (χ1v) is 8.54. The zero-order valence-corrected chi connectivity index (χ0v) is 12.6. The second-order valence-electron chi connectivity index (χ2n) is 6.98. The van der Waals surface area contributed by atoms with Crippen LogP contribution < -0.4 is 5.32 Å². The fourth-order valence-electron chi connectivity index (χ4n) is 4.01. The molecule has 0 saturated heterocycles. The van der Waals surface area contributed by atoms with Crippen LogP contribution in [0.2, 0.25) is 0 Å². The monoisotopic (exact) mass is 251 g/mol. The van der Waals surface area contributed by atoms with Crippen molar-refractivity contribution < 1.29 is 0 Å². The van der Waals surface area contributed by atoms with E-state index in [2.05, 4.69) is 19.2 Å². The molecule has 2 rings (SSSR count). The summed E-state index contributed by atoms with van der Waals surface area (Å²) >= 11 is 0. The van der Waals surface area contributed by atoms with Crippen LogP contribution in [0.25, 0.3) is 0 Å². The molecule has 0 spiro atoms. The second kappa shape index (κ2) is 7.53. The molecule has 1 nitrogen and oxygen atoms in total. The third-order valence-corrected chi connectivity index (χ3v) is 5.27. The lowest BCUT2D eigenvalue weighted by molar-refractivity contribution is 0.255. The van der Waals surface area contributed by atoms with Crippen molar-refractivity contribution in [2.24, 2.45) is 11.8 Å². The summed E-state index contributed by atoms with van der Waals surface area (Å²) in [5.41, 5.74) is 0. The van der Waals surface area contributed by atoms with Gasteiger partial charge in [-0.2, -0.15) is 0 Å². The summed E-state index contributed by atoms with van der Waals surface area (Å²) in [6, 6.07) is 1.68. The van der Waals surface area contributed by atoms with E-state index in [1.807, 2.05) is 0 Å². The average molecular weight is 251 g/mol. The Labute approximate surface area is 114 Å². The molecule has 2 unspecified atom stereocenters. The van der Waals surface area contributed by atoms with Crippen molar-refractivity contribution in [2.75, 3.05) is 0 Å². The fraction of sp³-hybridized carbons (Fsp3) is 1.00. The highest BCUT2D eigenvalue weighted by molar-refractivity contribution is 4.82. The van der Waals surface area contributed by atoms with Gasteiger partial charge in [0.25, 0.3) is 0 Å². The summed E-state index contributed by atoms with van der Waals surface area (Å²) in [7, 11) is 0.